The third-order valence-electron chi connectivity index (χ3n) is 4.41. The van der Waals surface area contributed by atoms with Gasteiger partial charge in [-0.05, 0) is 63.3 Å². The van der Waals surface area contributed by atoms with Crippen LogP contribution in [0.5, 0.6) is 0 Å². The number of allylic oxidation sites excluding steroid dienone is 1. The molecule has 6 heteroatoms. The Bertz CT molecular complexity index is 538. The van der Waals surface area contributed by atoms with Gasteiger partial charge in [0, 0.05) is 13.0 Å². The summed E-state index contributed by atoms with van der Waals surface area (Å²) in [5, 5.41) is 0. The number of carbonyl (C=O) groups excluding carboxylic acids is 2. The maximum atomic E-state index is 12.2. The minimum Gasteiger partial charge on any atom is -0.461 e. The van der Waals surface area contributed by atoms with E-state index in [1.54, 1.807) is 0 Å². The van der Waals surface area contributed by atoms with Crippen LogP contribution in [0.4, 0.5) is 0 Å². The lowest BCUT2D eigenvalue weighted by molar-refractivity contribution is -0.146. The van der Waals surface area contributed by atoms with Crippen molar-refractivity contribution < 1.29 is 23.8 Å². The average molecular weight is 478 g/mol. The van der Waals surface area contributed by atoms with Crippen LogP contribution in [-0.4, -0.2) is 36.9 Å². The van der Waals surface area contributed by atoms with Gasteiger partial charge in [0.1, 0.15) is 18.8 Å². The van der Waals surface area contributed by atoms with Crippen LogP contribution in [0, 0.1) is 11.8 Å². The zero-order valence-corrected chi connectivity index (χ0v) is 18.6. The zero-order valence-electron chi connectivity index (χ0n) is 16.4. The molecule has 26 heavy (non-hydrogen) atoms. The van der Waals surface area contributed by atoms with E-state index in [1.165, 1.54) is 13.0 Å². The molecular weight excluding hydrogens is 447 g/mol. The molecule has 0 aliphatic carbocycles. The number of carbonyl (C=O) groups is 2. The molecule has 0 aromatic heterocycles. The standard InChI is InChI=1S/C20H31IO5/c1-7-8-13(3)18-20(26-18)19(25-17(23)10-15(5)21)14(4)9-12(2)11-24-16(6)22/h10,13-14,18-20H,2,7-9,11H2,1,3-6H3/b15-10+/t13-,14-,18-,19+,20+/m0/s1. The quantitative estimate of drug-likeness (QED) is 0.143. The fourth-order valence-electron chi connectivity index (χ4n) is 3.15. The monoisotopic (exact) mass is 478 g/mol. The van der Waals surface area contributed by atoms with E-state index in [0.29, 0.717) is 12.3 Å². The van der Waals surface area contributed by atoms with Crippen LogP contribution in [0.1, 0.15) is 53.9 Å². The maximum Gasteiger partial charge on any atom is 0.331 e. The van der Waals surface area contributed by atoms with Crippen molar-refractivity contribution in [3.8, 4) is 0 Å². The molecule has 5 nitrogen and oxygen atoms in total. The zero-order chi connectivity index (χ0) is 19.9. The fourth-order valence-corrected chi connectivity index (χ4v) is 3.40. The van der Waals surface area contributed by atoms with Gasteiger partial charge < -0.3 is 14.2 Å². The number of hydrogen-bond acceptors (Lipinski definition) is 5. The molecular formula is C20H31IO5. The number of esters is 2. The molecule has 1 saturated heterocycles. The highest BCUT2D eigenvalue weighted by molar-refractivity contribution is 14.1. The molecule has 0 aromatic carbocycles. The number of hydrogen-bond donors (Lipinski definition) is 0. The molecule has 1 aliphatic heterocycles. The van der Waals surface area contributed by atoms with Crippen molar-refractivity contribution in [2.45, 2.75) is 72.2 Å². The SMILES string of the molecule is C=C(COC(C)=O)C[C@H](C)[C@@H](OC(=O)/C=C(\C)I)[C@@H]1O[C@H]1[C@@H](C)CCC. The maximum absolute atomic E-state index is 12.2. The van der Waals surface area contributed by atoms with E-state index in [2.05, 4.69) is 43.0 Å². The number of epoxide rings is 1. The molecule has 0 N–H and O–H groups in total. The van der Waals surface area contributed by atoms with Gasteiger partial charge in [-0.2, -0.15) is 0 Å². The van der Waals surface area contributed by atoms with E-state index in [1.807, 2.05) is 13.8 Å². The Morgan fingerprint density at radius 2 is 1.92 bits per heavy atom. The van der Waals surface area contributed by atoms with Gasteiger partial charge in [-0.3, -0.25) is 4.79 Å². The van der Waals surface area contributed by atoms with E-state index >= 15 is 0 Å². The van der Waals surface area contributed by atoms with Crippen LogP contribution in [0.2, 0.25) is 0 Å². The van der Waals surface area contributed by atoms with Crippen LogP contribution >= 0.6 is 22.6 Å². The Balaban J connectivity index is 2.74. The summed E-state index contributed by atoms with van der Waals surface area (Å²) in [6, 6.07) is 0. The first kappa shape index (κ1) is 23.1. The third kappa shape index (κ3) is 8.20. The summed E-state index contributed by atoms with van der Waals surface area (Å²) in [4.78, 5) is 23.1. The summed E-state index contributed by atoms with van der Waals surface area (Å²) >= 11 is 2.08. The number of rotatable bonds is 11. The van der Waals surface area contributed by atoms with Gasteiger partial charge in [0.05, 0.1) is 6.10 Å². The summed E-state index contributed by atoms with van der Waals surface area (Å²) < 4.78 is 17.5. The molecule has 0 bridgehead atoms. The minimum atomic E-state index is -0.350. The summed E-state index contributed by atoms with van der Waals surface area (Å²) in [6.45, 7) is 13.7. The Kier molecular flexibility index (Phi) is 9.85. The molecule has 0 spiro atoms. The van der Waals surface area contributed by atoms with Gasteiger partial charge in [0.2, 0.25) is 0 Å². The Hall–Kier alpha value is -0.890. The summed E-state index contributed by atoms with van der Waals surface area (Å²) in [5.74, 6) is -0.224. The van der Waals surface area contributed by atoms with Crippen molar-refractivity contribution in [3.05, 3.63) is 21.8 Å². The summed E-state index contributed by atoms with van der Waals surface area (Å²) in [6.07, 6.45) is 3.98. The normalized spacial score (nSPS) is 22.9. The van der Waals surface area contributed by atoms with Crippen molar-refractivity contribution in [1.29, 1.82) is 0 Å². The van der Waals surface area contributed by atoms with Crippen LogP contribution in [0.3, 0.4) is 0 Å². The topological polar surface area (TPSA) is 65.1 Å². The highest BCUT2D eigenvalue weighted by Crippen LogP contribution is 2.39. The van der Waals surface area contributed by atoms with Crippen molar-refractivity contribution in [1.82, 2.24) is 0 Å². The van der Waals surface area contributed by atoms with E-state index in [-0.39, 0.29) is 42.8 Å². The molecule has 1 rings (SSSR count). The Morgan fingerprint density at radius 3 is 2.46 bits per heavy atom. The first-order valence-corrected chi connectivity index (χ1v) is 10.2. The molecule has 1 aliphatic rings. The van der Waals surface area contributed by atoms with Gasteiger partial charge in [-0.1, -0.05) is 33.8 Å². The molecule has 1 fully saturated rings. The predicted octanol–water partition coefficient (Wildman–Crippen LogP) is 4.59. The minimum absolute atomic E-state index is 0.0220. The fraction of sp³-hybridized carbons (Fsp3) is 0.700. The smallest absolute Gasteiger partial charge is 0.331 e. The number of halogens is 1. The lowest BCUT2D eigenvalue weighted by Gasteiger charge is -2.23. The van der Waals surface area contributed by atoms with Gasteiger partial charge in [-0.25, -0.2) is 4.79 Å². The second-order valence-electron chi connectivity index (χ2n) is 7.18. The first-order valence-electron chi connectivity index (χ1n) is 9.15. The van der Waals surface area contributed by atoms with Gasteiger partial charge in [0.15, 0.2) is 0 Å². The molecule has 0 radical (unpaired) electrons. The first-order chi connectivity index (χ1) is 12.1. The highest BCUT2D eigenvalue weighted by atomic mass is 127. The second-order valence-corrected chi connectivity index (χ2v) is 8.88. The van der Waals surface area contributed by atoms with Crippen molar-refractivity contribution in [3.63, 3.8) is 0 Å². The Labute approximate surface area is 170 Å². The predicted molar refractivity (Wildman–Crippen MR) is 110 cm³/mol. The largest absolute Gasteiger partial charge is 0.461 e. The van der Waals surface area contributed by atoms with Gasteiger partial charge >= 0.3 is 11.9 Å². The van der Waals surface area contributed by atoms with Crippen molar-refractivity contribution in [2.75, 3.05) is 6.61 Å². The lowest BCUT2D eigenvalue weighted by atomic mass is 9.90. The summed E-state index contributed by atoms with van der Waals surface area (Å²) in [7, 11) is 0. The molecule has 0 unspecified atom stereocenters. The molecule has 148 valence electrons. The van der Waals surface area contributed by atoms with Crippen LogP contribution in [0.25, 0.3) is 0 Å². The van der Waals surface area contributed by atoms with Crippen LogP contribution < -0.4 is 0 Å². The third-order valence-corrected chi connectivity index (χ3v) is 4.72. The van der Waals surface area contributed by atoms with Gasteiger partial charge in [0.25, 0.3) is 0 Å². The molecule has 0 aromatic rings. The number of ether oxygens (including phenoxy) is 3. The average Bonchev–Trinajstić information content (AvgIpc) is 3.30. The van der Waals surface area contributed by atoms with E-state index in [0.717, 1.165) is 22.0 Å². The molecule has 1 heterocycles. The van der Waals surface area contributed by atoms with Gasteiger partial charge in [-0.15, -0.1) is 0 Å². The molecule has 5 atom stereocenters. The van der Waals surface area contributed by atoms with Crippen molar-refractivity contribution in [2.24, 2.45) is 11.8 Å². The van der Waals surface area contributed by atoms with E-state index in [4.69, 9.17) is 14.2 Å². The second kappa shape index (κ2) is 11.1. The summed E-state index contributed by atoms with van der Waals surface area (Å²) in [5.41, 5.74) is 0.799. The van der Waals surface area contributed by atoms with E-state index in [9.17, 15) is 9.59 Å². The van der Waals surface area contributed by atoms with Crippen molar-refractivity contribution >= 4 is 34.5 Å². The molecule has 0 amide bonds. The molecule has 0 saturated carbocycles. The Morgan fingerprint density at radius 1 is 1.27 bits per heavy atom. The van der Waals surface area contributed by atoms with E-state index < -0.39 is 0 Å². The van der Waals surface area contributed by atoms with Crippen LogP contribution in [0.15, 0.2) is 21.8 Å². The van der Waals surface area contributed by atoms with Crippen LogP contribution in [-0.2, 0) is 23.8 Å². The highest BCUT2D eigenvalue weighted by Gasteiger charge is 2.50. The lowest BCUT2D eigenvalue weighted by Crippen LogP contribution is -2.32.